The van der Waals surface area contributed by atoms with Crippen molar-refractivity contribution in [2.45, 2.75) is 124 Å². The number of fused-ring (bicyclic) bond motifs is 2. The highest BCUT2D eigenvalue weighted by Gasteiger charge is 2.21. The molecule has 4 heteroatoms. The zero-order chi connectivity index (χ0) is 27.9. The number of carbonyl (C=O) groups is 2. The van der Waals surface area contributed by atoms with Gasteiger partial charge in [0.05, 0.1) is 0 Å². The van der Waals surface area contributed by atoms with Crippen LogP contribution in [-0.2, 0) is 9.59 Å². The van der Waals surface area contributed by atoms with Crippen LogP contribution >= 0.6 is 0 Å². The van der Waals surface area contributed by atoms with Gasteiger partial charge in [-0.2, -0.15) is 0 Å². The van der Waals surface area contributed by atoms with E-state index in [2.05, 4.69) is 13.8 Å². The first-order chi connectivity index (χ1) is 19.1. The Morgan fingerprint density at radius 1 is 0.538 bits per heavy atom. The summed E-state index contributed by atoms with van der Waals surface area (Å²) in [5, 5.41) is 3.23. The first-order valence-electron chi connectivity index (χ1n) is 15.4. The minimum atomic E-state index is -0.208. The van der Waals surface area contributed by atoms with Gasteiger partial charge in [-0.05, 0) is 25.3 Å². The van der Waals surface area contributed by atoms with Crippen LogP contribution in [0.2, 0.25) is 0 Å². The quantitative estimate of drug-likeness (QED) is 0.0707. The van der Waals surface area contributed by atoms with Crippen LogP contribution < -0.4 is 9.47 Å². The molecule has 212 valence electrons. The highest BCUT2D eigenvalue weighted by atomic mass is 16.5. The van der Waals surface area contributed by atoms with Gasteiger partial charge in [-0.1, -0.05) is 133 Å². The summed E-state index contributed by atoms with van der Waals surface area (Å²) in [6, 6.07) is 13.7. The highest BCUT2D eigenvalue weighted by molar-refractivity contribution is 6.13. The van der Waals surface area contributed by atoms with Gasteiger partial charge < -0.3 is 9.47 Å². The van der Waals surface area contributed by atoms with Crippen molar-refractivity contribution < 1.29 is 19.1 Å². The number of benzene rings is 3. The van der Waals surface area contributed by atoms with Gasteiger partial charge in [0.15, 0.2) is 0 Å². The van der Waals surface area contributed by atoms with E-state index in [9.17, 15) is 9.59 Å². The number of unbranched alkanes of at least 4 members (excludes halogenated alkanes) is 12. The van der Waals surface area contributed by atoms with E-state index in [1.165, 1.54) is 51.4 Å². The van der Waals surface area contributed by atoms with Gasteiger partial charge in [-0.25, -0.2) is 0 Å². The molecule has 0 atom stereocenters. The molecule has 0 unspecified atom stereocenters. The number of aryl methyl sites for hydroxylation is 1. The highest BCUT2D eigenvalue weighted by Crippen LogP contribution is 2.44. The van der Waals surface area contributed by atoms with Crippen molar-refractivity contribution >= 4 is 33.5 Å². The second-order valence-electron chi connectivity index (χ2n) is 10.9. The lowest BCUT2D eigenvalue weighted by Gasteiger charge is -2.18. The number of hydrogen-bond donors (Lipinski definition) is 0. The summed E-state index contributed by atoms with van der Waals surface area (Å²) in [5.41, 5.74) is 0.987. The largest absolute Gasteiger partial charge is 0.425 e. The standard InChI is InChI=1S/C35H48O4/c1-4-6-8-10-12-14-16-25-31(36)38-34-28-22-18-19-23-29(28)35(33-27(3)21-20-24-30(33)34)39-32(37)26-17-15-13-11-9-7-5-2/h18-24H,4-17,25-26H2,1-3H3. The monoisotopic (exact) mass is 532 g/mol. The Hall–Kier alpha value is -2.88. The third-order valence-corrected chi connectivity index (χ3v) is 7.56. The van der Waals surface area contributed by atoms with E-state index in [-0.39, 0.29) is 11.9 Å². The first-order valence-corrected chi connectivity index (χ1v) is 15.4. The Morgan fingerprint density at radius 3 is 1.51 bits per heavy atom. The van der Waals surface area contributed by atoms with Gasteiger partial charge in [-0.15, -0.1) is 0 Å². The van der Waals surface area contributed by atoms with E-state index in [1.807, 2.05) is 49.4 Å². The third kappa shape index (κ3) is 9.37. The molecule has 0 bridgehead atoms. The first kappa shape index (κ1) is 30.7. The van der Waals surface area contributed by atoms with Crippen LogP contribution in [0.25, 0.3) is 21.5 Å². The van der Waals surface area contributed by atoms with Crippen LogP contribution in [0.1, 0.15) is 122 Å². The molecule has 4 nitrogen and oxygen atoms in total. The van der Waals surface area contributed by atoms with Gasteiger partial charge in [0.25, 0.3) is 0 Å². The molecule has 0 saturated carbocycles. The van der Waals surface area contributed by atoms with Crippen LogP contribution in [0.3, 0.4) is 0 Å². The fourth-order valence-corrected chi connectivity index (χ4v) is 5.32. The van der Waals surface area contributed by atoms with Gasteiger partial charge in [0.1, 0.15) is 11.5 Å². The molecule has 0 aromatic heterocycles. The van der Waals surface area contributed by atoms with Crippen LogP contribution in [-0.4, -0.2) is 11.9 Å². The molecule has 0 fully saturated rings. The molecular formula is C35H48O4. The fraction of sp³-hybridized carbons (Fsp3) is 0.543. The number of carbonyl (C=O) groups excluding carboxylic acids is 2. The summed E-state index contributed by atoms with van der Waals surface area (Å²) in [6.45, 7) is 6.45. The Kier molecular flexibility index (Phi) is 13.3. The average molecular weight is 533 g/mol. The van der Waals surface area contributed by atoms with Crippen molar-refractivity contribution in [2.24, 2.45) is 0 Å². The molecule has 39 heavy (non-hydrogen) atoms. The zero-order valence-corrected chi connectivity index (χ0v) is 24.5. The normalized spacial score (nSPS) is 11.3. The maximum atomic E-state index is 12.9. The molecule has 0 heterocycles. The Morgan fingerprint density at radius 2 is 0.974 bits per heavy atom. The van der Waals surface area contributed by atoms with E-state index < -0.39 is 0 Å². The number of esters is 2. The zero-order valence-electron chi connectivity index (χ0n) is 24.5. The van der Waals surface area contributed by atoms with Crippen molar-refractivity contribution in [1.29, 1.82) is 0 Å². The molecule has 0 N–H and O–H groups in total. The van der Waals surface area contributed by atoms with Crippen molar-refractivity contribution in [2.75, 3.05) is 0 Å². The molecule has 0 radical (unpaired) electrons. The maximum Gasteiger partial charge on any atom is 0.311 e. The Balaban J connectivity index is 1.74. The van der Waals surface area contributed by atoms with Crippen molar-refractivity contribution in [3.8, 4) is 11.5 Å². The van der Waals surface area contributed by atoms with Gasteiger partial charge >= 0.3 is 11.9 Å². The lowest BCUT2D eigenvalue weighted by atomic mass is 9.97. The lowest BCUT2D eigenvalue weighted by molar-refractivity contribution is -0.135. The topological polar surface area (TPSA) is 52.6 Å². The van der Waals surface area contributed by atoms with E-state index in [1.54, 1.807) is 0 Å². The Bertz CT molecular complexity index is 1200. The second-order valence-corrected chi connectivity index (χ2v) is 10.9. The molecule has 0 spiro atoms. The molecular weight excluding hydrogens is 484 g/mol. The van der Waals surface area contributed by atoms with E-state index in [0.29, 0.717) is 24.3 Å². The van der Waals surface area contributed by atoms with Crippen LogP contribution in [0.15, 0.2) is 42.5 Å². The van der Waals surface area contributed by atoms with Crippen LogP contribution in [0.5, 0.6) is 11.5 Å². The number of ether oxygens (including phenoxy) is 2. The van der Waals surface area contributed by atoms with Crippen LogP contribution in [0.4, 0.5) is 0 Å². The van der Waals surface area contributed by atoms with E-state index in [4.69, 9.17) is 9.47 Å². The number of rotatable bonds is 18. The summed E-state index contributed by atoms with van der Waals surface area (Å²) < 4.78 is 12.1. The summed E-state index contributed by atoms with van der Waals surface area (Å²) in [5.74, 6) is 0.713. The lowest BCUT2D eigenvalue weighted by Crippen LogP contribution is -2.11. The van der Waals surface area contributed by atoms with Crippen molar-refractivity contribution in [1.82, 2.24) is 0 Å². The molecule has 0 amide bonds. The summed E-state index contributed by atoms with van der Waals surface area (Å²) in [4.78, 5) is 25.8. The number of hydrogen-bond acceptors (Lipinski definition) is 4. The van der Waals surface area contributed by atoms with Crippen LogP contribution in [0, 0.1) is 6.92 Å². The smallest absolute Gasteiger partial charge is 0.311 e. The second kappa shape index (κ2) is 16.9. The molecule has 0 aliphatic carbocycles. The summed E-state index contributed by atoms with van der Waals surface area (Å²) in [6.07, 6.45) is 17.0. The molecule has 3 aromatic carbocycles. The fourth-order valence-electron chi connectivity index (χ4n) is 5.32. The van der Waals surface area contributed by atoms with Gasteiger partial charge in [0.2, 0.25) is 0 Å². The molecule has 0 saturated heterocycles. The minimum Gasteiger partial charge on any atom is -0.425 e. The summed E-state index contributed by atoms with van der Waals surface area (Å²) in [7, 11) is 0. The molecule has 0 aliphatic rings. The molecule has 3 aromatic rings. The van der Waals surface area contributed by atoms with Crippen molar-refractivity contribution in [3.05, 3.63) is 48.0 Å². The van der Waals surface area contributed by atoms with E-state index >= 15 is 0 Å². The molecule has 0 aliphatic heterocycles. The van der Waals surface area contributed by atoms with Crippen molar-refractivity contribution in [3.63, 3.8) is 0 Å². The predicted molar refractivity (Wildman–Crippen MR) is 163 cm³/mol. The predicted octanol–water partition coefficient (Wildman–Crippen LogP) is 10.4. The SMILES string of the molecule is CCCCCCCCCC(=O)Oc1c2ccccc2c(OC(=O)CCCCCCCCC)c2c(C)cccc12. The minimum absolute atomic E-state index is 0.207. The summed E-state index contributed by atoms with van der Waals surface area (Å²) >= 11 is 0. The third-order valence-electron chi connectivity index (χ3n) is 7.56. The van der Waals surface area contributed by atoms with E-state index in [0.717, 1.165) is 65.6 Å². The molecule has 3 rings (SSSR count). The van der Waals surface area contributed by atoms with Gasteiger partial charge in [-0.3, -0.25) is 9.59 Å². The maximum absolute atomic E-state index is 12.9. The van der Waals surface area contributed by atoms with Gasteiger partial charge in [0, 0.05) is 34.4 Å². The average Bonchev–Trinajstić information content (AvgIpc) is 2.93. The Labute approximate surface area is 235 Å².